The van der Waals surface area contributed by atoms with E-state index in [0.717, 1.165) is 31.2 Å². The fraction of sp³-hybridized carbons (Fsp3) is 0.333. The van der Waals surface area contributed by atoms with Crippen LogP contribution in [0.5, 0.6) is 0 Å². The summed E-state index contributed by atoms with van der Waals surface area (Å²) in [5.41, 5.74) is 1.46. The van der Waals surface area contributed by atoms with Gasteiger partial charge in [-0.3, -0.25) is 5.32 Å². The Morgan fingerprint density at radius 2 is 1.96 bits per heavy atom. The van der Waals surface area contributed by atoms with Gasteiger partial charge in [0.1, 0.15) is 11.6 Å². The van der Waals surface area contributed by atoms with Gasteiger partial charge in [0.25, 0.3) is 0 Å². The number of pyridine rings is 1. The zero-order valence-corrected chi connectivity index (χ0v) is 13.9. The third-order valence-electron chi connectivity index (χ3n) is 4.18. The number of nitrogens with zero attached hydrogens (tertiary/aromatic N) is 1. The predicted octanol–water partition coefficient (Wildman–Crippen LogP) is 5.00. The molecule has 3 rings (SSSR count). The molecule has 2 N–H and O–H groups in total. The summed E-state index contributed by atoms with van der Waals surface area (Å²) in [6, 6.07) is 7.69. The number of benzene rings is 1. The molecule has 0 bridgehead atoms. The lowest BCUT2D eigenvalue weighted by molar-refractivity contribution is 0.244. The van der Waals surface area contributed by atoms with E-state index in [1.54, 1.807) is 24.4 Å². The van der Waals surface area contributed by atoms with Crippen molar-refractivity contribution in [3.63, 3.8) is 0 Å². The number of halogens is 2. The predicted molar refractivity (Wildman–Crippen MR) is 93.7 cm³/mol. The van der Waals surface area contributed by atoms with E-state index in [-0.39, 0.29) is 17.9 Å². The molecule has 4 nitrogen and oxygen atoms in total. The van der Waals surface area contributed by atoms with Gasteiger partial charge in [0.2, 0.25) is 0 Å². The number of hydrogen-bond donors (Lipinski definition) is 2. The summed E-state index contributed by atoms with van der Waals surface area (Å²) in [4.78, 5) is 16.3. The molecule has 6 heteroatoms. The van der Waals surface area contributed by atoms with E-state index < -0.39 is 0 Å². The van der Waals surface area contributed by atoms with Crippen molar-refractivity contribution in [2.75, 3.05) is 5.32 Å². The second kappa shape index (κ2) is 7.62. The minimum Gasteiger partial charge on any atom is -0.335 e. The summed E-state index contributed by atoms with van der Waals surface area (Å²) >= 11 is 6.09. The fourth-order valence-electron chi connectivity index (χ4n) is 2.97. The molecule has 1 aliphatic rings. The molecular weight excluding hydrogens is 329 g/mol. The van der Waals surface area contributed by atoms with Gasteiger partial charge in [-0.05, 0) is 48.7 Å². The zero-order chi connectivity index (χ0) is 16.9. The van der Waals surface area contributed by atoms with Crippen LogP contribution in [0, 0.1) is 5.82 Å². The lowest BCUT2D eigenvalue weighted by atomic mass is 9.96. The summed E-state index contributed by atoms with van der Waals surface area (Å²) in [7, 11) is 0. The van der Waals surface area contributed by atoms with E-state index in [1.807, 2.05) is 0 Å². The van der Waals surface area contributed by atoms with E-state index in [1.165, 1.54) is 18.6 Å². The zero-order valence-electron chi connectivity index (χ0n) is 13.2. The third-order valence-corrected chi connectivity index (χ3v) is 4.50. The standard InChI is InChI=1S/C18H19ClFN3O/c19-16-11-13(20)6-7-15(16)12-8-9-21-17(10-12)23-18(24)22-14-4-2-1-3-5-14/h6-11,14H,1-5H2,(H2,21,22,23,24). The molecule has 24 heavy (non-hydrogen) atoms. The number of carbonyl (C=O) groups excluding carboxylic acids is 1. The maximum Gasteiger partial charge on any atom is 0.320 e. The maximum absolute atomic E-state index is 13.2. The minimum atomic E-state index is -0.386. The molecule has 2 amide bonds. The van der Waals surface area contributed by atoms with E-state index in [2.05, 4.69) is 15.6 Å². The van der Waals surface area contributed by atoms with Crippen molar-refractivity contribution >= 4 is 23.4 Å². The number of carbonyl (C=O) groups is 1. The Bertz CT molecular complexity index is 732. The van der Waals surface area contributed by atoms with Gasteiger partial charge < -0.3 is 5.32 Å². The minimum absolute atomic E-state index is 0.230. The normalized spacial score (nSPS) is 15.1. The number of anilines is 1. The Morgan fingerprint density at radius 3 is 2.71 bits per heavy atom. The van der Waals surface area contributed by atoms with Crippen LogP contribution in [0.4, 0.5) is 15.0 Å². The molecule has 0 saturated heterocycles. The smallest absolute Gasteiger partial charge is 0.320 e. The van der Waals surface area contributed by atoms with Crippen molar-refractivity contribution in [2.24, 2.45) is 0 Å². The lowest BCUT2D eigenvalue weighted by Gasteiger charge is -2.22. The van der Waals surface area contributed by atoms with Crippen LogP contribution in [0.25, 0.3) is 11.1 Å². The van der Waals surface area contributed by atoms with Gasteiger partial charge >= 0.3 is 6.03 Å². The highest BCUT2D eigenvalue weighted by molar-refractivity contribution is 6.33. The van der Waals surface area contributed by atoms with Gasteiger partial charge in [-0.25, -0.2) is 14.2 Å². The van der Waals surface area contributed by atoms with Crippen molar-refractivity contribution in [2.45, 2.75) is 38.1 Å². The second-order valence-electron chi connectivity index (χ2n) is 5.99. The molecule has 126 valence electrons. The van der Waals surface area contributed by atoms with Crippen LogP contribution in [0.1, 0.15) is 32.1 Å². The van der Waals surface area contributed by atoms with E-state index >= 15 is 0 Å². The number of aromatic nitrogens is 1. The average Bonchev–Trinajstić information content (AvgIpc) is 2.56. The summed E-state index contributed by atoms with van der Waals surface area (Å²) in [5.74, 6) is 0.0456. The van der Waals surface area contributed by atoms with Gasteiger partial charge in [0.15, 0.2) is 0 Å². The monoisotopic (exact) mass is 347 g/mol. The quantitative estimate of drug-likeness (QED) is 0.821. The molecule has 0 spiro atoms. The SMILES string of the molecule is O=C(Nc1cc(-c2ccc(F)cc2Cl)ccn1)NC1CCCCC1. The van der Waals surface area contributed by atoms with Gasteiger partial charge in [0.05, 0.1) is 5.02 Å². The Balaban J connectivity index is 1.69. The van der Waals surface area contributed by atoms with E-state index in [4.69, 9.17) is 11.6 Å². The topological polar surface area (TPSA) is 54.0 Å². The highest BCUT2D eigenvalue weighted by Crippen LogP contribution is 2.29. The largest absolute Gasteiger partial charge is 0.335 e. The Hall–Kier alpha value is -2.14. The molecule has 0 atom stereocenters. The maximum atomic E-state index is 13.2. The lowest BCUT2D eigenvalue weighted by Crippen LogP contribution is -2.39. The molecule has 1 fully saturated rings. The van der Waals surface area contributed by atoms with Crippen molar-refractivity contribution < 1.29 is 9.18 Å². The van der Waals surface area contributed by atoms with Crippen molar-refractivity contribution in [3.05, 3.63) is 47.4 Å². The van der Waals surface area contributed by atoms with E-state index in [9.17, 15) is 9.18 Å². The molecule has 0 unspecified atom stereocenters. The summed E-state index contributed by atoms with van der Waals surface area (Å²) < 4.78 is 13.2. The van der Waals surface area contributed by atoms with Gasteiger partial charge in [-0.15, -0.1) is 0 Å². The van der Waals surface area contributed by atoms with Crippen LogP contribution >= 0.6 is 11.6 Å². The van der Waals surface area contributed by atoms with Crippen LogP contribution in [0.15, 0.2) is 36.5 Å². The molecule has 2 aromatic rings. The van der Waals surface area contributed by atoms with Crippen molar-refractivity contribution in [3.8, 4) is 11.1 Å². The molecular formula is C18H19ClFN3O. The molecule has 1 saturated carbocycles. The van der Waals surface area contributed by atoms with Crippen LogP contribution < -0.4 is 10.6 Å². The summed E-state index contributed by atoms with van der Waals surface area (Å²) in [5, 5.41) is 6.05. The van der Waals surface area contributed by atoms with Crippen LogP contribution in [-0.2, 0) is 0 Å². The molecule has 1 aromatic carbocycles. The molecule has 1 aliphatic carbocycles. The summed E-state index contributed by atoms with van der Waals surface area (Å²) in [6.07, 6.45) is 7.18. The number of nitrogens with one attached hydrogen (secondary N) is 2. The first-order chi connectivity index (χ1) is 11.6. The highest BCUT2D eigenvalue weighted by atomic mass is 35.5. The molecule has 0 radical (unpaired) electrons. The number of hydrogen-bond acceptors (Lipinski definition) is 2. The highest BCUT2D eigenvalue weighted by Gasteiger charge is 2.16. The van der Waals surface area contributed by atoms with E-state index in [0.29, 0.717) is 16.4 Å². The van der Waals surface area contributed by atoms with Crippen LogP contribution in [0.3, 0.4) is 0 Å². The van der Waals surface area contributed by atoms with Gasteiger partial charge in [-0.1, -0.05) is 30.9 Å². The Morgan fingerprint density at radius 1 is 1.17 bits per heavy atom. The number of urea groups is 1. The first-order valence-electron chi connectivity index (χ1n) is 8.11. The third kappa shape index (κ3) is 4.23. The molecule has 0 aliphatic heterocycles. The molecule has 1 aromatic heterocycles. The number of amides is 2. The first kappa shape index (κ1) is 16.7. The fourth-order valence-corrected chi connectivity index (χ4v) is 3.25. The number of rotatable bonds is 3. The van der Waals surface area contributed by atoms with Crippen LogP contribution in [-0.4, -0.2) is 17.1 Å². The first-order valence-corrected chi connectivity index (χ1v) is 8.48. The second-order valence-corrected chi connectivity index (χ2v) is 6.39. The van der Waals surface area contributed by atoms with Gasteiger partial charge in [-0.2, -0.15) is 0 Å². The Kier molecular flexibility index (Phi) is 5.30. The Labute approximate surface area is 145 Å². The summed E-state index contributed by atoms with van der Waals surface area (Å²) in [6.45, 7) is 0. The molecule has 1 heterocycles. The van der Waals surface area contributed by atoms with Crippen LogP contribution in [0.2, 0.25) is 5.02 Å². The van der Waals surface area contributed by atoms with Crippen molar-refractivity contribution in [1.29, 1.82) is 0 Å². The van der Waals surface area contributed by atoms with Crippen molar-refractivity contribution in [1.82, 2.24) is 10.3 Å². The average molecular weight is 348 g/mol. The van der Waals surface area contributed by atoms with Gasteiger partial charge in [0, 0.05) is 17.8 Å².